The van der Waals surface area contributed by atoms with Crippen LogP contribution in [-0.2, 0) is 33.8 Å². The maximum absolute atomic E-state index is 13.7. The van der Waals surface area contributed by atoms with E-state index in [1.54, 1.807) is 55.5 Å². The number of ether oxygens (including phenoxy) is 1. The molecule has 55 heavy (non-hydrogen) atoms. The minimum atomic E-state index is -0.503. The van der Waals surface area contributed by atoms with Gasteiger partial charge in [-0.2, -0.15) is 0 Å². The van der Waals surface area contributed by atoms with Crippen molar-refractivity contribution >= 4 is 69.2 Å². The Labute approximate surface area is 329 Å². The van der Waals surface area contributed by atoms with Gasteiger partial charge in [-0.25, -0.2) is 4.79 Å². The molecule has 0 fully saturated rings. The number of thioether (sulfide) groups is 1. The minimum absolute atomic E-state index is 0.0723. The van der Waals surface area contributed by atoms with Gasteiger partial charge in [0.2, 0.25) is 5.91 Å². The second-order valence-electron chi connectivity index (χ2n) is 13.1. The van der Waals surface area contributed by atoms with Crippen LogP contribution >= 0.6 is 23.1 Å². The maximum Gasteiger partial charge on any atom is 0.341 e. The average Bonchev–Trinajstić information content (AvgIpc) is 3.55. The summed E-state index contributed by atoms with van der Waals surface area (Å²) in [7, 11) is 3.89. The first-order chi connectivity index (χ1) is 26.7. The first kappa shape index (κ1) is 39.0. The number of anilines is 3. The molecule has 12 heteroatoms. The zero-order chi connectivity index (χ0) is 38.7. The maximum atomic E-state index is 13.7. The predicted octanol–water partition coefficient (Wildman–Crippen LogP) is 7.69. The molecule has 3 N–H and O–H groups in total. The lowest BCUT2D eigenvalue weighted by molar-refractivity contribution is -0.114. The van der Waals surface area contributed by atoms with E-state index >= 15 is 0 Å². The molecule has 2 heterocycles. The number of fused-ring (bicyclic) bond motifs is 1. The fourth-order valence-corrected chi connectivity index (χ4v) is 8.14. The van der Waals surface area contributed by atoms with Crippen molar-refractivity contribution < 1.29 is 23.9 Å². The van der Waals surface area contributed by atoms with Crippen molar-refractivity contribution in [2.45, 2.75) is 31.3 Å². The molecule has 1 aliphatic rings. The molecule has 4 aromatic carbocycles. The molecule has 0 radical (unpaired) electrons. The number of carbonyl (C=O) groups is 4. The van der Waals surface area contributed by atoms with E-state index < -0.39 is 17.8 Å². The molecule has 0 atom stereocenters. The third-order valence-corrected chi connectivity index (χ3v) is 11.0. The van der Waals surface area contributed by atoms with Crippen molar-refractivity contribution in [1.29, 1.82) is 0 Å². The summed E-state index contributed by atoms with van der Waals surface area (Å²) in [5, 5.41) is 9.16. The van der Waals surface area contributed by atoms with Gasteiger partial charge < -0.3 is 25.6 Å². The molecule has 1 aliphatic heterocycles. The molecule has 0 unspecified atom stereocenters. The van der Waals surface area contributed by atoms with E-state index in [1.165, 1.54) is 28.7 Å². The number of hydrogen-bond donors (Lipinski definition) is 3. The van der Waals surface area contributed by atoms with Crippen molar-refractivity contribution in [1.82, 2.24) is 10.2 Å². The first-order valence-electron chi connectivity index (χ1n) is 17.9. The number of benzene rings is 4. The van der Waals surface area contributed by atoms with Crippen molar-refractivity contribution in [2.24, 2.45) is 0 Å². The number of carbonyl (C=O) groups excluding carboxylic acids is 4. The van der Waals surface area contributed by atoms with Crippen LogP contribution in [0.15, 0.2) is 120 Å². The van der Waals surface area contributed by atoms with E-state index in [0.29, 0.717) is 34.8 Å². The molecule has 6 rings (SSSR count). The number of nitrogens with one attached hydrogen (secondary N) is 3. The van der Waals surface area contributed by atoms with Gasteiger partial charge in [-0.15, -0.1) is 23.1 Å². The Morgan fingerprint density at radius 1 is 0.891 bits per heavy atom. The van der Waals surface area contributed by atoms with E-state index in [9.17, 15) is 19.2 Å². The molecule has 0 spiro atoms. The smallest absolute Gasteiger partial charge is 0.341 e. The first-order valence-corrected chi connectivity index (χ1v) is 19.7. The Hall–Kier alpha value is -5.69. The quantitative estimate of drug-likeness (QED) is 0.0598. The van der Waals surface area contributed by atoms with Gasteiger partial charge >= 0.3 is 5.97 Å². The van der Waals surface area contributed by atoms with Crippen LogP contribution in [0.4, 0.5) is 16.4 Å². The molecule has 5 aromatic rings. The molecule has 0 aliphatic carbocycles. The predicted molar refractivity (Wildman–Crippen MR) is 222 cm³/mol. The van der Waals surface area contributed by atoms with E-state index in [1.807, 2.05) is 73.6 Å². The molecular weight excluding hydrogens is 731 g/mol. The Bertz CT molecular complexity index is 2170. The zero-order valence-corrected chi connectivity index (χ0v) is 32.6. The van der Waals surface area contributed by atoms with Gasteiger partial charge in [-0.3, -0.25) is 19.3 Å². The minimum Gasteiger partial charge on any atom is -0.462 e. The van der Waals surface area contributed by atoms with Gasteiger partial charge in [0.15, 0.2) is 0 Å². The normalized spacial score (nSPS) is 12.7. The third-order valence-electron chi connectivity index (χ3n) is 8.83. The lowest BCUT2D eigenvalue weighted by atomic mass is 10.0. The number of esters is 1. The summed E-state index contributed by atoms with van der Waals surface area (Å²) in [6.45, 7) is 4.28. The number of hydrogen-bond acceptors (Lipinski definition) is 9. The number of thiophene rings is 1. The van der Waals surface area contributed by atoms with Gasteiger partial charge in [0.1, 0.15) is 10.7 Å². The van der Waals surface area contributed by atoms with Crippen molar-refractivity contribution in [3.63, 3.8) is 0 Å². The Balaban J connectivity index is 1.12. The molecule has 0 saturated carbocycles. The molecule has 282 valence electrons. The van der Waals surface area contributed by atoms with Gasteiger partial charge in [0.25, 0.3) is 11.8 Å². The van der Waals surface area contributed by atoms with Crippen molar-refractivity contribution in [3.05, 3.63) is 148 Å². The number of amides is 3. The molecule has 0 bridgehead atoms. The fraction of sp³-hybridized carbons (Fsp3) is 0.209. The average molecular weight is 774 g/mol. The highest BCUT2D eigenvalue weighted by Crippen LogP contribution is 2.38. The highest BCUT2D eigenvalue weighted by atomic mass is 32.2. The van der Waals surface area contributed by atoms with E-state index in [2.05, 4.69) is 33.0 Å². The largest absolute Gasteiger partial charge is 0.462 e. The van der Waals surface area contributed by atoms with Crippen LogP contribution in [0, 0.1) is 0 Å². The third kappa shape index (κ3) is 10.5. The summed E-state index contributed by atoms with van der Waals surface area (Å²) in [5.74, 6) is -1.54. The molecule has 10 nitrogen and oxygen atoms in total. The van der Waals surface area contributed by atoms with Gasteiger partial charge in [-0.05, 0) is 78.6 Å². The van der Waals surface area contributed by atoms with Crippen LogP contribution < -0.4 is 20.9 Å². The van der Waals surface area contributed by atoms with Gasteiger partial charge in [-0.1, -0.05) is 66.7 Å². The highest BCUT2D eigenvalue weighted by molar-refractivity contribution is 8.00. The summed E-state index contributed by atoms with van der Waals surface area (Å²) >= 11 is 2.73. The van der Waals surface area contributed by atoms with Crippen molar-refractivity contribution in [2.75, 3.05) is 48.5 Å². The van der Waals surface area contributed by atoms with Crippen molar-refractivity contribution in [3.8, 4) is 0 Å². The summed E-state index contributed by atoms with van der Waals surface area (Å²) in [4.78, 5) is 59.3. The summed E-state index contributed by atoms with van der Waals surface area (Å²) in [6.07, 6.45) is 2.32. The lowest BCUT2D eigenvalue weighted by Crippen LogP contribution is -2.30. The SMILES string of the molecule is CCOC(=O)c1c(NC(=O)CSc2cccc(NC(=O)/C(=C\c3ccc(N(C)C)cc3)NC(=O)c3ccccc3)c2)sc2c1CCN(Cc1ccccc1)C2. The van der Waals surface area contributed by atoms with Crippen LogP contribution in [0.2, 0.25) is 0 Å². The molecule has 3 amide bonds. The van der Waals surface area contributed by atoms with Crippen LogP contribution in [0.5, 0.6) is 0 Å². The van der Waals surface area contributed by atoms with E-state index in [-0.39, 0.29) is 24.0 Å². The van der Waals surface area contributed by atoms with Crippen LogP contribution in [0.3, 0.4) is 0 Å². The summed E-state index contributed by atoms with van der Waals surface area (Å²) in [5.41, 5.74) is 5.33. The van der Waals surface area contributed by atoms with Gasteiger partial charge in [0.05, 0.1) is 17.9 Å². The molecule has 1 aromatic heterocycles. The summed E-state index contributed by atoms with van der Waals surface area (Å²) < 4.78 is 5.41. The lowest BCUT2D eigenvalue weighted by Gasteiger charge is -2.27. The Kier molecular flexibility index (Phi) is 13.2. The monoisotopic (exact) mass is 773 g/mol. The van der Waals surface area contributed by atoms with E-state index in [4.69, 9.17) is 4.74 Å². The standard InChI is InChI=1S/C43H43N5O5S2/c1-4-53-43(52)39-35-22-23-48(26-30-12-7-5-8-13-30)27-37(35)55-42(39)46-38(49)28-54-34-17-11-16-32(25-34)44-41(51)36(45-40(50)31-14-9-6-10-15-31)24-29-18-20-33(21-19-29)47(2)3/h5-21,24-25H,4,22-23,26-28H2,1-3H3,(H,44,51)(H,45,50)(H,46,49)/b36-24+. The second kappa shape index (κ2) is 18.6. The second-order valence-corrected chi connectivity index (χ2v) is 15.2. The van der Waals surface area contributed by atoms with E-state index in [0.717, 1.165) is 39.7 Å². The molecule has 0 saturated heterocycles. The number of nitrogens with zero attached hydrogens (tertiary/aromatic N) is 2. The molecular formula is C43H43N5O5S2. The topological polar surface area (TPSA) is 120 Å². The van der Waals surface area contributed by atoms with Crippen LogP contribution in [-0.4, -0.2) is 61.6 Å². The summed E-state index contributed by atoms with van der Waals surface area (Å²) in [6, 6.07) is 33.7. The zero-order valence-electron chi connectivity index (χ0n) is 31.0. The Morgan fingerprint density at radius 2 is 1.62 bits per heavy atom. The Morgan fingerprint density at radius 3 is 2.33 bits per heavy atom. The van der Waals surface area contributed by atoms with Crippen LogP contribution in [0.25, 0.3) is 6.08 Å². The number of rotatable bonds is 14. The van der Waals surface area contributed by atoms with Gasteiger partial charge in [0, 0.05) is 60.4 Å². The van der Waals surface area contributed by atoms with Crippen LogP contribution in [0.1, 0.15) is 49.2 Å². The highest BCUT2D eigenvalue weighted by Gasteiger charge is 2.29. The fourth-order valence-electron chi connectivity index (χ4n) is 6.09.